The monoisotopic (exact) mass is 262 g/mol. The zero-order chi connectivity index (χ0) is 12.3. The molecule has 2 aromatic rings. The van der Waals surface area contributed by atoms with Crippen LogP contribution in [0, 0.1) is 11.3 Å². The fourth-order valence-electron chi connectivity index (χ4n) is 1.52. The highest BCUT2D eigenvalue weighted by Gasteiger charge is 2.14. The van der Waals surface area contributed by atoms with Gasteiger partial charge in [0.2, 0.25) is 0 Å². The van der Waals surface area contributed by atoms with Crippen LogP contribution in [0.2, 0.25) is 10.0 Å². The molecule has 2 rings (SSSR count). The number of rotatable bonds is 2. The molecule has 0 spiro atoms. The molecule has 1 aromatic heterocycles. The van der Waals surface area contributed by atoms with Crippen molar-refractivity contribution in [2.75, 3.05) is 0 Å². The number of pyridine rings is 1. The maximum Gasteiger partial charge on any atom is 0.113 e. The highest BCUT2D eigenvalue weighted by Crippen LogP contribution is 2.24. The van der Waals surface area contributed by atoms with Gasteiger partial charge in [-0.3, -0.25) is 4.98 Å². The number of benzene rings is 1. The maximum atomic E-state index is 9.22. The summed E-state index contributed by atoms with van der Waals surface area (Å²) in [6, 6.07) is 12.9. The third kappa shape index (κ3) is 2.76. The molecule has 1 atom stereocenters. The average molecular weight is 263 g/mol. The predicted molar refractivity (Wildman–Crippen MR) is 68.2 cm³/mol. The van der Waals surface area contributed by atoms with E-state index in [0.29, 0.717) is 15.7 Å². The molecular formula is C13H8Cl2N2. The Morgan fingerprint density at radius 2 is 1.65 bits per heavy atom. The average Bonchev–Trinajstić information content (AvgIpc) is 2.35. The van der Waals surface area contributed by atoms with Crippen molar-refractivity contribution in [1.29, 1.82) is 5.26 Å². The molecule has 0 amide bonds. The summed E-state index contributed by atoms with van der Waals surface area (Å²) in [5, 5.41) is 10.4. The van der Waals surface area contributed by atoms with E-state index >= 15 is 0 Å². The van der Waals surface area contributed by atoms with Crippen molar-refractivity contribution in [3.05, 3.63) is 63.9 Å². The first-order valence-electron chi connectivity index (χ1n) is 4.97. The molecule has 0 radical (unpaired) electrons. The van der Waals surface area contributed by atoms with Gasteiger partial charge in [-0.25, -0.2) is 0 Å². The minimum absolute atomic E-state index is 0.399. The van der Waals surface area contributed by atoms with Crippen LogP contribution in [0.5, 0.6) is 0 Å². The van der Waals surface area contributed by atoms with Crippen LogP contribution in [-0.4, -0.2) is 4.98 Å². The van der Waals surface area contributed by atoms with Gasteiger partial charge in [-0.15, -0.1) is 0 Å². The lowest BCUT2D eigenvalue weighted by atomic mass is 9.97. The summed E-state index contributed by atoms with van der Waals surface area (Å²) >= 11 is 11.6. The van der Waals surface area contributed by atoms with Crippen molar-refractivity contribution in [2.24, 2.45) is 0 Å². The smallest absolute Gasteiger partial charge is 0.113 e. The highest BCUT2D eigenvalue weighted by atomic mass is 35.5. The fraction of sp³-hybridized carbons (Fsp3) is 0.0769. The van der Waals surface area contributed by atoms with Gasteiger partial charge in [-0.2, -0.15) is 5.26 Å². The van der Waals surface area contributed by atoms with Crippen LogP contribution in [0.25, 0.3) is 0 Å². The van der Waals surface area contributed by atoms with Crippen LogP contribution in [-0.2, 0) is 0 Å². The molecule has 0 saturated carbocycles. The predicted octanol–water partition coefficient (Wildman–Crippen LogP) is 4.04. The quantitative estimate of drug-likeness (QED) is 0.819. The lowest BCUT2D eigenvalue weighted by molar-refractivity contribution is 0.966. The van der Waals surface area contributed by atoms with Gasteiger partial charge in [-0.1, -0.05) is 35.3 Å². The molecule has 0 aliphatic carbocycles. The molecule has 0 saturated heterocycles. The largest absolute Gasteiger partial charge is 0.258 e. The van der Waals surface area contributed by atoms with E-state index in [0.717, 1.165) is 5.56 Å². The summed E-state index contributed by atoms with van der Waals surface area (Å²) in [6.07, 6.45) is 1.54. The first-order chi connectivity index (χ1) is 8.20. The van der Waals surface area contributed by atoms with E-state index in [1.54, 1.807) is 24.3 Å². The molecule has 0 bridgehead atoms. The maximum absolute atomic E-state index is 9.22. The van der Waals surface area contributed by atoms with Crippen molar-refractivity contribution in [3.8, 4) is 6.07 Å². The molecule has 0 fully saturated rings. The molecule has 17 heavy (non-hydrogen) atoms. The second-order valence-electron chi connectivity index (χ2n) is 3.51. The number of aromatic nitrogens is 1. The van der Waals surface area contributed by atoms with Gasteiger partial charge in [0.15, 0.2) is 0 Å². The lowest BCUT2D eigenvalue weighted by Gasteiger charge is -2.08. The Morgan fingerprint density at radius 1 is 1.00 bits per heavy atom. The molecule has 0 aliphatic rings. The van der Waals surface area contributed by atoms with Crippen molar-refractivity contribution in [3.63, 3.8) is 0 Å². The summed E-state index contributed by atoms with van der Waals surface area (Å²) in [5.41, 5.74) is 1.55. The van der Waals surface area contributed by atoms with E-state index in [1.807, 2.05) is 12.1 Å². The van der Waals surface area contributed by atoms with Crippen LogP contribution in [0.3, 0.4) is 0 Å². The molecule has 1 aromatic carbocycles. The van der Waals surface area contributed by atoms with Gasteiger partial charge in [0, 0.05) is 11.2 Å². The van der Waals surface area contributed by atoms with E-state index in [2.05, 4.69) is 11.1 Å². The van der Waals surface area contributed by atoms with E-state index in [-0.39, 0.29) is 0 Å². The summed E-state index contributed by atoms with van der Waals surface area (Å²) in [7, 11) is 0. The van der Waals surface area contributed by atoms with E-state index < -0.39 is 5.92 Å². The molecule has 0 N–H and O–H groups in total. The number of halogens is 2. The van der Waals surface area contributed by atoms with Gasteiger partial charge in [0.05, 0.1) is 16.8 Å². The third-order valence-corrected chi connectivity index (χ3v) is 2.85. The fourth-order valence-corrected chi connectivity index (χ4v) is 1.76. The topological polar surface area (TPSA) is 36.7 Å². The minimum Gasteiger partial charge on any atom is -0.258 e. The SMILES string of the molecule is N#CC(c1ccc(Cl)cc1)c1ccc(Cl)cn1. The van der Waals surface area contributed by atoms with Crippen molar-refractivity contribution >= 4 is 23.2 Å². The van der Waals surface area contributed by atoms with Crippen LogP contribution in [0.15, 0.2) is 42.6 Å². The van der Waals surface area contributed by atoms with Crippen molar-refractivity contribution in [1.82, 2.24) is 4.98 Å². The Hall–Kier alpha value is -1.56. The van der Waals surface area contributed by atoms with Crippen molar-refractivity contribution in [2.45, 2.75) is 5.92 Å². The Kier molecular flexibility index (Phi) is 3.63. The molecule has 84 valence electrons. The Bertz CT molecular complexity index is 496. The standard InChI is InChI=1S/C13H8Cl2N2/c14-10-3-1-9(2-4-10)12(7-16)13-6-5-11(15)8-17-13/h1-6,8,12H. The molecule has 2 nitrogen and oxygen atoms in total. The molecule has 0 aliphatic heterocycles. The number of hydrogen-bond donors (Lipinski definition) is 0. The zero-order valence-electron chi connectivity index (χ0n) is 8.77. The van der Waals surface area contributed by atoms with Crippen LogP contribution < -0.4 is 0 Å². The van der Waals surface area contributed by atoms with E-state index in [4.69, 9.17) is 23.2 Å². The summed E-state index contributed by atoms with van der Waals surface area (Å²) in [5.74, 6) is -0.399. The van der Waals surface area contributed by atoms with Gasteiger partial charge in [-0.05, 0) is 29.8 Å². The second kappa shape index (κ2) is 5.18. The number of nitriles is 1. The molecule has 1 heterocycles. The Labute approximate surface area is 109 Å². The summed E-state index contributed by atoms with van der Waals surface area (Å²) in [4.78, 5) is 4.16. The first kappa shape index (κ1) is 11.9. The third-order valence-electron chi connectivity index (χ3n) is 2.38. The zero-order valence-corrected chi connectivity index (χ0v) is 10.3. The van der Waals surface area contributed by atoms with Gasteiger partial charge in [0.1, 0.15) is 5.92 Å². The highest BCUT2D eigenvalue weighted by molar-refractivity contribution is 6.30. The normalized spacial score (nSPS) is 11.8. The van der Waals surface area contributed by atoms with Gasteiger partial charge >= 0.3 is 0 Å². The van der Waals surface area contributed by atoms with Crippen molar-refractivity contribution < 1.29 is 0 Å². The summed E-state index contributed by atoms with van der Waals surface area (Å²) in [6.45, 7) is 0. The van der Waals surface area contributed by atoms with Gasteiger partial charge in [0.25, 0.3) is 0 Å². The van der Waals surface area contributed by atoms with E-state index in [1.165, 1.54) is 6.20 Å². The van der Waals surface area contributed by atoms with Gasteiger partial charge < -0.3 is 0 Å². The minimum atomic E-state index is -0.399. The Balaban J connectivity index is 2.37. The number of nitrogens with zero attached hydrogens (tertiary/aromatic N) is 2. The second-order valence-corrected chi connectivity index (χ2v) is 4.39. The molecular weight excluding hydrogens is 255 g/mol. The van der Waals surface area contributed by atoms with E-state index in [9.17, 15) is 5.26 Å². The molecule has 4 heteroatoms. The molecule has 1 unspecified atom stereocenters. The number of hydrogen-bond acceptors (Lipinski definition) is 2. The Morgan fingerprint density at radius 3 is 2.18 bits per heavy atom. The van der Waals surface area contributed by atoms with Crippen LogP contribution >= 0.6 is 23.2 Å². The lowest BCUT2D eigenvalue weighted by Crippen LogP contribution is -2.00. The van der Waals surface area contributed by atoms with Crippen LogP contribution in [0.1, 0.15) is 17.2 Å². The first-order valence-corrected chi connectivity index (χ1v) is 5.73. The summed E-state index contributed by atoms with van der Waals surface area (Å²) < 4.78 is 0. The van der Waals surface area contributed by atoms with Crippen LogP contribution in [0.4, 0.5) is 0 Å².